The minimum absolute atomic E-state index is 0.0127. The van der Waals surface area contributed by atoms with Gasteiger partial charge < -0.3 is 38.1 Å². The molecule has 0 spiro atoms. The zero-order valence-electron chi connectivity index (χ0n) is 32.2. The largest absolute Gasteiger partial charge is 0.408 e. The first-order valence-electron chi connectivity index (χ1n) is 18.3. The molecular weight excluding hydrogens is 878 g/mol. The fraction of sp³-hybridized carbons (Fsp3) is 0.645. The highest BCUT2D eigenvalue weighted by Gasteiger charge is 2.67. The van der Waals surface area contributed by atoms with E-state index < -0.39 is 82.1 Å². The smallest absolute Gasteiger partial charge is 0.386 e. The summed E-state index contributed by atoms with van der Waals surface area (Å²) in [6.07, 6.45) is -4.03. The van der Waals surface area contributed by atoms with Crippen LogP contribution in [0.25, 0.3) is 22.3 Å². The molecule has 3 aliphatic heterocycles. The van der Waals surface area contributed by atoms with Crippen molar-refractivity contribution in [2.75, 3.05) is 24.3 Å². The maximum Gasteiger partial charge on any atom is 0.386 e. The van der Waals surface area contributed by atoms with Crippen LogP contribution in [-0.2, 0) is 53.2 Å². The monoisotopic (exact) mass is 920 g/mol. The maximum absolute atomic E-state index is 14.3. The number of hydrogen-bond donors (Lipinski definition) is 5. The van der Waals surface area contributed by atoms with Crippen molar-refractivity contribution >= 4 is 97.5 Å². The number of nitrogens with zero attached hydrogens (tertiary/aromatic N) is 7. The van der Waals surface area contributed by atoms with Gasteiger partial charge in [-0.3, -0.25) is 33.5 Å². The van der Waals surface area contributed by atoms with E-state index in [9.17, 15) is 19.0 Å². The predicted molar refractivity (Wildman–Crippen MR) is 218 cm³/mol. The molecule has 1 aliphatic carbocycles. The highest BCUT2D eigenvalue weighted by atomic mass is 35.5. The summed E-state index contributed by atoms with van der Waals surface area (Å²) in [7, 11) is -2.69. The van der Waals surface area contributed by atoms with Crippen LogP contribution < -0.4 is 16.6 Å². The number of amides is 1. The Bertz CT molecular complexity index is 2450. The van der Waals surface area contributed by atoms with Gasteiger partial charge in [-0.25, -0.2) is 14.5 Å². The lowest BCUT2D eigenvalue weighted by atomic mass is 10.1. The van der Waals surface area contributed by atoms with Crippen LogP contribution in [0, 0.1) is 11.8 Å². The summed E-state index contributed by atoms with van der Waals surface area (Å²) < 4.78 is 61.8. The predicted octanol–water partition coefficient (Wildman–Crippen LogP) is 4.09. The molecule has 4 aliphatic rings. The number of carbonyl (C=O) groups is 1. The molecule has 5 N–H and O–H groups in total. The normalized spacial score (nSPS) is 34.4. The maximum atomic E-state index is 14.3. The first-order valence-corrected chi connectivity index (χ1v) is 26.8. The van der Waals surface area contributed by atoms with E-state index in [4.69, 9.17) is 61.1 Å². The topological polar surface area (TPSA) is 264 Å². The summed E-state index contributed by atoms with van der Waals surface area (Å²) >= 11 is 16.1. The van der Waals surface area contributed by atoms with Crippen molar-refractivity contribution in [1.29, 1.82) is 0 Å². The number of ether oxygens (including phenoxy) is 2. The number of rotatable bonds is 6. The molecule has 21 nitrogen and oxygen atoms in total. The summed E-state index contributed by atoms with van der Waals surface area (Å²) in [5.74, 6) is -1.22. The fourth-order valence-electron chi connectivity index (χ4n) is 7.09. The number of imidazole rings is 2. The van der Waals surface area contributed by atoms with Crippen LogP contribution in [0.5, 0.6) is 0 Å². The molecule has 316 valence electrons. The van der Waals surface area contributed by atoms with E-state index in [0.29, 0.717) is 11.2 Å². The number of nitrogens with two attached hydrogens (primary N) is 1. The summed E-state index contributed by atoms with van der Waals surface area (Å²) in [5, 5.41) is 2.21. The van der Waals surface area contributed by atoms with Crippen LogP contribution in [0.15, 0.2) is 17.4 Å². The lowest BCUT2D eigenvalue weighted by molar-refractivity contribution is -0.118. The minimum Gasteiger partial charge on any atom is -0.408 e. The number of nitrogens with one attached hydrogen (secondary N) is 2. The quantitative estimate of drug-likeness (QED) is 0.0789. The number of thiol groups is 1. The van der Waals surface area contributed by atoms with Crippen molar-refractivity contribution in [2.45, 2.75) is 102 Å². The molecule has 3 saturated heterocycles. The van der Waals surface area contributed by atoms with Crippen molar-refractivity contribution in [1.82, 2.24) is 39.0 Å². The minimum atomic E-state index is -4.33. The first kappa shape index (κ1) is 42.3. The van der Waals surface area contributed by atoms with Crippen LogP contribution in [0.4, 0.5) is 11.8 Å². The molecule has 7 unspecified atom stereocenters. The Kier molecular flexibility index (Phi) is 10.9. The molecule has 0 aromatic carbocycles. The zero-order valence-corrected chi connectivity index (χ0v) is 37.5. The zero-order chi connectivity index (χ0) is 41.9. The van der Waals surface area contributed by atoms with Gasteiger partial charge in [-0.05, 0) is 41.5 Å². The summed E-state index contributed by atoms with van der Waals surface area (Å²) in [6.45, 7) is 4.37. The number of nitrogen functional groups attached to an aromatic ring is 1. The third kappa shape index (κ3) is 7.83. The van der Waals surface area contributed by atoms with Crippen LogP contribution in [0.3, 0.4) is 0 Å². The molecule has 8 rings (SSSR count). The molecule has 4 aromatic heterocycles. The third-order valence-electron chi connectivity index (χ3n) is 11.1. The van der Waals surface area contributed by atoms with Crippen molar-refractivity contribution in [2.24, 2.45) is 11.8 Å². The SMILES string of the molecule is CC(C)C(=O)Nc1nc2c(ncn2[C@@H]2O[C@@H]3COP(O)(=S)OC4C5C(O[C@@H]4COP(=O)(S)OC2C3O[Si](C)(C)C(C)(C)C)[C@H]5n2cnc3c(N)nc(Cl)nc32)c(=O)[nH]1. The molecule has 2 bridgehead atoms. The first-order chi connectivity index (χ1) is 27.0. The van der Waals surface area contributed by atoms with Crippen molar-refractivity contribution in [3.8, 4) is 0 Å². The Labute approximate surface area is 347 Å². The van der Waals surface area contributed by atoms with Gasteiger partial charge in [0.15, 0.2) is 37.2 Å². The number of aromatic amines is 1. The van der Waals surface area contributed by atoms with E-state index in [2.05, 4.69) is 47.5 Å². The average molecular weight is 921 g/mol. The number of carbonyl (C=O) groups excluding carboxylic acids is 1. The fourth-order valence-corrected chi connectivity index (χ4v) is 11.5. The van der Waals surface area contributed by atoms with E-state index in [0.717, 1.165) is 0 Å². The molecule has 1 saturated carbocycles. The van der Waals surface area contributed by atoms with Gasteiger partial charge in [0, 0.05) is 11.8 Å². The van der Waals surface area contributed by atoms with Gasteiger partial charge in [0.1, 0.15) is 36.0 Å². The second kappa shape index (κ2) is 14.9. The van der Waals surface area contributed by atoms with E-state index in [-0.39, 0.29) is 58.4 Å². The number of anilines is 2. The number of H-pyrrole nitrogens is 1. The van der Waals surface area contributed by atoms with E-state index >= 15 is 0 Å². The molecule has 4 aromatic rings. The number of fused-ring (bicyclic) bond motifs is 7. The molecule has 0 radical (unpaired) electrons. The lowest BCUT2D eigenvalue weighted by Gasteiger charge is -2.40. The third-order valence-corrected chi connectivity index (χ3v) is 18.9. The summed E-state index contributed by atoms with van der Waals surface area (Å²) in [4.78, 5) is 61.2. The molecule has 4 fully saturated rings. The van der Waals surface area contributed by atoms with Gasteiger partial charge in [0.2, 0.25) is 17.1 Å². The van der Waals surface area contributed by atoms with Crippen LogP contribution in [0.1, 0.15) is 46.9 Å². The second-order valence-electron chi connectivity index (χ2n) is 16.4. The Morgan fingerprint density at radius 3 is 2.45 bits per heavy atom. The highest BCUT2D eigenvalue weighted by molar-refractivity contribution is 8.44. The number of hydrogen-bond acceptors (Lipinski definition) is 17. The van der Waals surface area contributed by atoms with Crippen LogP contribution in [-0.4, -0.2) is 108 Å². The van der Waals surface area contributed by atoms with Gasteiger partial charge >= 0.3 is 13.5 Å². The van der Waals surface area contributed by atoms with Gasteiger partial charge in [0.05, 0.1) is 38.0 Å². The van der Waals surface area contributed by atoms with Crippen molar-refractivity contribution < 1.29 is 46.2 Å². The van der Waals surface area contributed by atoms with Gasteiger partial charge in [0.25, 0.3) is 5.56 Å². The van der Waals surface area contributed by atoms with E-state index in [1.165, 1.54) is 17.2 Å². The Morgan fingerprint density at radius 2 is 1.74 bits per heavy atom. The van der Waals surface area contributed by atoms with Gasteiger partial charge in [-0.2, -0.15) is 15.0 Å². The molecule has 11 atom stereocenters. The molecule has 1 amide bonds. The lowest BCUT2D eigenvalue weighted by Crippen LogP contribution is -2.50. The highest BCUT2D eigenvalue weighted by Crippen LogP contribution is 2.63. The Morgan fingerprint density at radius 1 is 1.07 bits per heavy atom. The van der Waals surface area contributed by atoms with Gasteiger partial charge in [-0.1, -0.05) is 46.9 Å². The molecular formula is C31H43ClN10O11P2S2Si. The second-order valence-corrected chi connectivity index (χ2v) is 27.1. The average Bonchev–Trinajstić information content (AvgIpc) is 3.50. The van der Waals surface area contributed by atoms with Crippen LogP contribution in [0.2, 0.25) is 23.4 Å². The summed E-state index contributed by atoms with van der Waals surface area (Å²) in [6, 6.07) is -0.381. The number of aromatic nitrogens is 8. The number of halogens is 1. The van der Waals surface area contributed by atoms with Crippen molar-refractivity contribution in [3.63, 3.8) is 0 Å². The van der Waals surface area contributed by atoms with Gasteiger partial charge in [-0.15, -0.1) is 0 Å². The molecule has 27 heteroatoms. The molecule has 7 heterocycles. The van der Waals surface area contributed by atoms with Crippen LogP contribution >= 0.6 is 37.4 Å². The Balaban J connectivity index is 1.14. The van der Waals surface area contributed by atoms with E-state index in [1.807, 2.05) is 33.9 Å². The standard InChI is InChI=1S/C31H43ClN10O11P2S2Si/c1-12(2)26(43)39-30-38-25-17(27(44)40-30)35-11-42(25)28-22-20(53-58(6,7)31(3,4)5)14(50-28)9-48-54(45,56)51-19-13(8-47-55(46,57)52-22)49-21-15(19)18(21)41-10-34-16-23(33)36-29(32)37-24(16)41/h10-15,18-22,28H,8-9H2,1-7H3,(H,45,56)(H,46,57)(H2,33,36,37)(H2,38,39,40,43,44)/t13-,14-,15?,18+,19?,20?,21?,22?,28-,54?,55?/m1/s1. The Hall–Kier alpha value is -2.41. The molecule has 58 heavy (non-hydrogen) atoms. The summed E-state index contributed by atoms with van der Waals surface area (Å²) in [5.41, 5.74) is 6.06. The van der Waals surface area contributed by atoms with E-state index in [1.54, 1.807) is 18.4 Å². The van der Waals surface area contributed by atoms with Crippen molar-refractivity contribution in [3.05, 3.63) is 28.3 Å².